The van der Waals surface area contributed by atoms with Gasteiger partial charge in [0.2, 0.25) is 6.29 Å². The monoisotopic (exact) mass is 203 g/mol. The average Bonchev–Trinajstić information content (AvgIpc) is 2.79. The molecule has 1 saturated carbocycles. The molecule has 1 radical (unpaired) electrons. The van der Waals surface area contributed by atoms with Crippen LogP contribution in [-0.4, -0.2) is 12.9 Å². The van der Waals surface area contributed by atoms with Crippen LogP contribution in [0.25, 0.3) is 0 Å². The average molecular weight is 203 g/mol. The predicted molar refractivity (Wildman–Crippen MR) is 58.7 cm³/mol. The van der Waals surface area contributed by atoms with E-state index in [1.807, 2.05) is 24.5 Å². The predicted octanol–water partition coefficient (Wildman–Crippen LogP) is 2.71. The van der Waals surface area contributed by atoms with Crippen LogP contribution in [0.2, 0.25) is 0 Å². The van der Waals surface area contributed by atoms with Gasteiger partial charge in [0.15, 0.2) is 0 Å². The lowest BCUT2D eigenvalue weighted by molar-refractivity contribution is 0.251. The molecule has 2 rings (SSSR count). The van der Waals surface area contributed by atoms with Crippen LogP contribution in [0.1, 0.15) is 31.2 Å². The summed E-state index contributed by atoms with van der Waals surface area (Å²) in [5, 5.41) is 0. The number of carbonyl (C=O) groups excluding carboxylic acids is 1. The number of ether oxygens (including phenoxy) is 1. The summed E-state index contributed by atoms with van der Waals surface area (Å²) in [5.74, 6) is 1.34. The first-order valence-electron chi connectivity index (χ1n) is 5.50. The number of para-hydroxylation sites is 1. The summed E-state index contributed by atoms with van der Waals surface area (Å²) in [4.78, 5) is 10.6. The maximum Gasteiger partial charge on any atom is 0.237 e. The maximum absolute atomic E-state index is 10.6. The first kappa shape index (κ1) is 10.2. The quantitative estimate of drug-likeness (QED) is 0.752. The van der Waals surface area contributed by atoms with Crippen LogP contribution in [-0.2, 0) is 4.79 Å². The number of hydrogen-bond acceptors (Lipinski definition) is 2. The minimum absolute atomic E-state index is 0.524. The molecule has 1 fully saturated rings. The molecule has 0 amide bonds. The molecule has 0 bridgehead atoms. The summed E-state index contributed by atoms with van der Waals surface area (Å²) in [7, 11) is 0. The topological polar surface area (TPSA) is 26.3 Å². The summed E-state index contributed by atoms with van der Waals surface area (Å²) >= 11 is 0. The van der Waals surface area contributed by atoms with Gasteiger partial charge in [0.05, 0.1) is 12.2 Å². The molecule has 1 aliphatic rings. The van der Waals surface area contributed by atoms with Crippen LogP contribution in [0.15, 0.2) is 24.3 Å². The van der Waals surface area contributed by atoms with Crippen LogP contribution in [0.5, 0.6) is 5.75 Å². The van der Waals surface area contributed by atoms with Crippen LogP contribution in [0.4, 0.5) is 0 Å². The molecule has 15 heavy (non-hydrogen) atoms. The molecule has 0 atom stereocenters. The van der Waals surface area contributed by atoms with Crippen LogP contribution >= 0.6 is 0 Å². The second-order valence-electron chi connectivity index (χ2n) is 4.06. The van der Waals surface area contributed by atoms with Gasteiger partial charge < -0.3 is 4.74 Å². The molecule has 1 aliphatic carbocycles. The fraction of sp³-hybridized carbons (Fsp3) is 0.462. The zero-order chi connectivity index (χ0) is 10.5. The lowest BCUT2D eigenvalue weighted by Gasteiger charge is -2.12. The van der Waals surface area contributed by atoms with Gasteiger partial charge in [-0.3, -0.25) is 4.79 Å². The molecule has 0 N–H and O–H groups in total. The molecule has 0 saturated heterocycles. The highest BCUT2D eigenvalue weighted by molar-refractivity contribution is 5.79. The third kappa shape index (κ3) is 2.58. The highest BCUT2D eigenvalue weighted by atomic mass is 16.5. The molecule has 1 aromatic rings. The van der Waals surface area contributed by atoms with Crippen molar-refractivity contribution in [3.63, 3.8) is 0 Å². The van der Waals surface area contributed by atoms with Crippen molar-refractivity contribution in [1.82, 2.24) is 0 Å². The van der Waals surface area contributed by atoms with Crippen molar-refractivity contribution in [2.45, 2.75) is 25.7 Å². The number of hydrogen-bond donors (Lipinski definition) is 0. The summed E-state index contributed by atoms with van der Waals surface area (Å²) in [6.07, 6.45) is 7.04. The van der Waals surface area contributed by atoms with Crippen LogP contribution < -0.4 is 4.74 Å². The van der Waals surface area contributed by atoms with Gasteiger partial charge in [-0.05, 0) is 30.9 Å². The van der Waals surface area contributed by atoms with Gasteiger partial charge in [0.1, 0.15) is 5.75 Å². The van der Waals surface area contributed by atoms with Crippen LogP contribution in [0, 0.1) is 5.92 Å². The molecule has 0 unspecified atom stereocenters. The Morgan fingerprint density at radius 3 is 2.73 bits per heavy atom. The van der Waals surface area contributed by atoms with E-state index in [0.717, 1.165) is 6.61 Å². The Labute approximate surface area is 90.3 Å². The van der Waals surface area contributed by atoms with Crippen molar-refractivity contribution in [2.24, 2.45) is 5.92 Å². The molecular weight excluding hydrogens is 188 g/mol. The molecule has 0 aliphatic heterocycles. The van der Waals surface area contributed by atoms with Crippen molar-refractivity contribution in [1.29, 1.82) is 0 Å². The van der Waals surface area contributed by atoms with Gasteiger partial charge in [0.25, 0.3) is 0 Å². The van der Waals surface area contributed by atoms with Gasteiger partial charge in [-0.1, -0.05) is 25.0 Å². The minimum Gasteiger partial charge on any atom is -0.493 e. The molecular formula is C13H15O2. The molecule has 79 valence electrons. The van der Waals surface area contributed by atoms with Gasteiger partial charge in [-0.2, -0.15) is 0 Å². The third-order valence-electron chi connectivity index (χ3n) is 2.95. The second kappa shape index (κ2) is 4.96. The van der Waals surface area contributed by atoms with Gasteiger partial charge >= 0.3 is 0 Å². The number of rotatable bonds is 4. The lowest BCUT2D eigenvalue weighted by Crippen LogP contribution is -2.09. The molecule has 2 nitrogen and oxygen atoms in total. The summed E-state index contributed by atoms with van der Waals surface area (Å²) in [5.41, 5.74) is 0.524. The highest BCUT2D eigenvalue weighted by Gasteiger charge is 2.16. The zero-order valence-corrected chi connectivity index (χ0v) is 8.74. The SMILES string of the molecule is O=[C]c1ccccc1OCC1CCCC1. The summed E-state index contributed by atoms with van der Waals surface area (Å²) in [6.45, 7) is 0.735. The Kier molecular flexibility index (Phi) is 3.38. The second-order valence-corrected chi connectivity index (χ2v) is 4.06. The van der Waals surface area contributed by atoms with E-state index in [1.54, 1.807) is 6.07 Å². The number of benzene rings is 1. The van der Waals surface area contributed by atoms with E-state index in [-0.39, 0.29) is 0 Å². The Bertz CT molecular complexity index is 327. The van der Waals surface area contributed by atoms with Crippen molar-refractivity contribution in [3.05, 3.63) is 29.8 Å². The smallest absolute Gasteiger partial charge is 0.237 e. The molecule has 0 spiro atoms. The van der Waals surface area contributed by atoms with Crippen LogP contribution in [0.3, 0.4) is 0 Å². The van der Waals surface area contributed by atoms with E-state index in [0.29, 0.717) is 17.2 Å². The van der Waals surface area contributed by atoms with Gasteiger partial charge in [-0.15, -0.1) is 0 Å². The Hall–Kier alpha value is -1.31. The maximum atomic E-state index is 10.6. The van der Waals surface area contributed by atoms with E-state index in [4.69, 9.17) is 4.74 Å². The zero-order valence-electron chi connectivity index (χ0n) is 8.74. The first-order chi connectivity index (χ1) is 7.40. The van der Waals surface area contributed by atoms with Gasteiger partial charge in [0, 0.05) is 0 Å². The lowest BCUT2D eigenvalue weighted by atomic mass is 10.1. The van der Waals surface area contributed by atoms with E-state index >= 15 is 0 Å². The van der Waals surface area contributed by atoms with Crippen molar-refractivity contribution < 1.29 is 9.53 Å². The molecule has 0 heterocycles. The van der Waals surface area contributed by atoms with E-state index in [2.05, 4.69) is 0 Å². The third-order valence-corrected chi connectivity index (χ3v) is 2.95. The minimum atomic E-state index is 0.524. The molecule has 0 aromatic heterocycles. The largest absolute Gasteiger partial charge is 0.493 e. The summed E-state index contributed by atoms with van der Waals surface area (Å²) < 4.78 is 5.65. The Morgan fingerprint density at radius 1 is 1.27 bits per heavy atom. The summed E-state index contributed by atoms with van der Waals surface area (Å²) in [6, 6.07) is 7.26. The van der Waals surface area contributed by atoms with E-state index in [1.165, 1.54) is 25.7 Å². The fourth-order valence-corrected chi connectivity index (χ4v) is 2.06. The van der Waals surface area contributed by atoms with Gasteiger partial charge in [-0.25, -0.2) is 0 Å². The van der Waals surface area contributed by atoms with Crippen molar-refractivity contribution in [3.8, 4) is 5.75 Å². The Morgan fingerprint density at radius 2 is 2.00 bits per heavy atom. The van der Waals surface area contributed by atoms with E-state index < -0.39 is 0 Å². The van der Waals surface area contributed by atoms with Crippen molar-refractivity contribution in [2.75, 3.05) is 6.61 Å². The van der Waals surface area contributed by atoms with Crippen molar-refractivity contribution >= 4 is 6.29 Å². The molecule has 2 heteroatoms. The fourth-order valence-electron chi connectivity index (χ4n) is 2.06. The first-order valence-corrected chi connectivity index (χ1v) is 5.50. The molecule has 1 aromatic carbocycles. The Balaban J connectivity index is 1.94. The highest BCUT2D eigenvalue weighted by Crippen LogP contribution is 2.26. The normalized spacial score (nSPS) is 16.5. The standard InChI is InChI=1S/C13H15O2/c14-9-12-7-3-4-8-13(12)15-10-11-5-1-2-6-11/h3-4,7-8,11H,1-2,5-6,10H2. The van der Waals surface area contributed by atoms with E-state index in [9.17, 15) is 4.79 Å².